The average molecular weight is 254 g/mol. The van der Waals surface area contributed by atoms with Crippen LogP contribution in [0.15, 0.2) is 0 Å². The van der Waals surface area contributed by atoms with E-state index in [1.807, 2.05) is 18.8 Å². The third-order valence-electron chi connectivity index (χ3n) is 3.14. The zero-order valence-corrected chi connectivity index (χ0v) is 12.0. The first-order valence-electron chi connectivity index (χ1n) is 6.63. The topological polar surface area (TPSA) is 67.3 Å². The monoisotopic (exact) mass is 254 g/mol. The maximum atomic E-state index is 8.75. The quantitative estimate of drug-likeness (QED) is 0.727. The molecule has 104 valence electrons. The third-order valence-corrected chi connectivity index (χ3v) is 3.14. The van der Waals surface area contributed by atoms with Crippen LogP contribution in [0.3, 0.4) is 0 Å². The van der Waals surface area contributed by atoms with E-state index in [0.29, 0.717) is 5.92 Å². The fourth-order valence-electron chi connectivity index (χ4n) is 2.17. The lowest BCUT2D eigenvalue weighted by Gasteiger charge is -2.19. The molecule has 0 aromatic carbocycles. The minimum atomic E-state index is 0.273. The van der Waals surface area contributed by atoms with E-state index in [-0.39, 0.29) is 6.61 Å². The number of aryl methyl sites for hydroxylation is 1. The van der Waals surface area contributed by atoms with E-state index in [2.05, 4.69) is 23.8 Å². The molecule has 0 saturated carbocycles. The lowest BCUT2D eigenvalue weighted by atomic mass is 10.1. The molecule has 3 N–H and O–H groups in total. The SMILES string of the molecule is CC(C)c1nn(C)c(N(C)CCCCCO)c1N. The summed E-state index contributed by atoms with van der Waals surface area (Å²) in [4.78, 5) is 2.14. The number of nitrogen functional groups attached to an aromatic ring is 1. The summed E-state index contributed by atoms with van der Waals surface area (Å²) in [5.41, 5.74) is 7.93. The summed E-state index contributed by atoms with van der Waals surface area (Å²) in [6.07, 6.45) is 2.96. The minimum absolute atomic E-state index is 0.273. The van der Waals surface area contributed by atoms with E-state index < -0.39 is 0 Å². The summed E-state index contributed by atoms with van der Waals surface area (Å²) < 4.78 is 1.86. The number of aromatic nitrogens is 2. The molecule has 18 heavy (non-hydrogen) atoms. The van der Waals surface area contributed by atoms with Gasteiger partial charge >= 0.3 is 0 Å². The second-order valence-electron chi connectivity index (χ2n) is 5.11. The van der Waals surface area contributed by atoms with Gasteiger partial charge in [-0.25, -0.2) is 0 Å². The highest BCUT2D eigenvalue weighted by atomic mass is 16.2. The summed E-state index contributed by atoms with van der Waals surface area (Å²) in [6, 6.07) is 0. The first-order valence-corrected chi connectivity index (χ1v) is 6.63. The molecule has 0 aliphatic carbocycles. The average Bonchev–Trinajstić information content (AvgIpc) is 2.60. The van der Waals surface area contributed by atoms with Crippen molar-refractivity contribution in [2.75, 3.05) is 30.8 Å². The molecule has 1 aromatic heterocycles. The Morgan fingerprint density at radius 3 is 2.50 bits per heavy atom. The van der Waals surface area contributed by atoms with E-state index in [9.17, 15) is 0 Å². The summed E-state index contributed by atoms with van der Waals surface area (Å²) in [6.45, 7) is 5.41. The summed E-state index contributed by atoms with van der Waals surface area (Å²) in [7, 11) is 3.97. The smallest absolute Gasteiger partial charge is 0.150 e. The highest BCUT2D eigenvalue weighted by molar-refractivity contribution is 5.66. The Kier molecular flexibility index (Phi) is 5.47. The molecule has 0 amide bonds. The number of anilines is 2. The van der Waals surface area contributed by atoms with Crippen molar-refractivity contribution < 1.29 is 5.11 Å². The first-order chi connectivity index (χ1) is 8.49. The van der Waals surface area contributed by atoms with E-state index in [1.54, 1.807) is 0 Å². The number of hydrogen-bond donors (Lipinski definition) is 2. The molecule has 0 unspecified atom stereocenters. The molecule has 5 heteroatoms. The number of rotatable bonds is 7. The lowest BCUT2D eigenvalue weighted by molar-refractivity contribution is 0.283. The van der Waals surface area contributed by atoms with Crippen molar-refractivity contribution in [3.05, 3.63) is 5.69 Å². The van der Waals surface area contributed by atoms with Gasteiger partial charge in [-0.05, 0) is 25.2 Å². The maximum Gasteiger partial charge on any atom is 0.150 e. The number of aliphatic hydroxyl groups is 1. The molecule has 1 heterocycles. The van der Waals surface area contributed by atoms with Gasteiger partial charge in [0.25, 0.3) is 0 Å². The fourth-order valence-corrected chi connectivity index (χ4v) is 2.17. The first kappa shape index (κ1) is 14.8. The summed E-state index contributed by atoms with van der Waals surface area (Å²) >= 11 is 0. The van der Waals surface area contributed by atoms with Crippen molar-refractivity contribution in [3.63, 3.8) is 0 Å². The van der Waals surface area contributed by atoms with Gasteiger partial charge in [-0.3, -0.25) is 4.68 Å². The van der Waals surface area contributed by atoms with Gasteiger partial charge in [-0.15, -0.1) is 0 Å². The van der Waals surface area contributed by atoms with E-state index in [0.717, 1.165) is 43.0 Å². The summed E-state index contributed by atoms with van der Waals surface area (Å²) in [5.74, 6) is 1.33. The highest BCUT2D eigenvalue weighted by Crippen LogP contribution is 2.30. The van der Waals surface area contributed by atoms with Gasteiger partial charge in [-0.2, -0.15) is 5.10 Å². The molecule has 5 nitrogen and oxygen atoms in total. The molecule has 0 fully saturated rings. The largest absolute Gasteiger partial charge is 0.396 e. The van der Waals surface area contributed by atoms with Gasteiger partial charge in [0, 0.05) is 27.2 Å². The lowest BCUT2D eigenvalue weighted by Crippen LogP contribution is -2.22. The van der Waals surface area contributed by atoms with Gasteiger partial charge in [0.15, 0.2) is 0 Å². The molecule has 1 rings (SSSR count). The molecule has 1 aromatic rings. The number of nitrogens with two attached hydrogens (primary N) is 1. The van der Waals surface area contributed by atoms with Crippen LogP contribution in [0.4, 0.5) is 11.5 Å². The Bertz CT molecular complexity index is 373. The van der Waals surface area contributed by atoms with Crippen LogP contribution >= 0.6 is 0 Å². The van der Waals surface area contributed by atoms with Gasteiger partial charge in [0.2, 0.25) is 0 Å². The number of aliphatic hydroxyl groups excluding tert-OH is 1. The second kappa shape index (κ2) is 6.64. The van der Waals surface area contributed by atoms with Crippen LogP contribution in [-0.2, 0) is 7.05 Å². The standard InChI is InChI=1S/C13H26N4O/c1-10(2)12-11(14)13(17(4)15-12)16(3)8-6-5-7-9-18/h10,18H,5-9,14H2,1-4H3. The van der Waals surface area contributed by atoms with Crippen molar-refractivity contribution in [1.82, 2.24) is 9.78 Å². The Morgan fingerprint density at radius 2 is 2.00 bits per heavy atom. The minimum Gasteiger partial charge on any atom is -0.396 e. The third kappa shape index (κ3) is 3.38. The van der Waals surface area contributed by atoms with Gasteiger partial charge in [-0.1, -0.05) is 13.8 Å². The van der Waals surface area contributed by atoms with Crippen LogP contribution in [-0.4, -0.2) is 35.1 Å². The van der Waals surface area contributed by atoms with Crippen LogP contribution in [0.1, 0.15) is 44.7 Å². The van der Waals surface area contributed by atoms with Crippen LogP contribution in [0.2, 0.25) is 0 Å². The Labute approximate surface area is 110 Å². The summed E-state index contributed by atoms with van der Waals surface area (Å²) in [5, 5.41) is 13.2. The molecule has 0 atom stereocenters. The van der Waals surface area contributed by atoms with E-state index in [4.69, 9.17) is 10.8 Å². The molecule has 0 spiro atoms. The normalized spacial score (nSPS) is 11.2. The van der Waals surface area contributed by atoms with Crippen molar-refractivity contribution in [1.29, 1.82) is 0 Å². The van der Waals surface area contributed by atoms with Crippen molar-refractivity contribution in [3.8, 4) is 0 Å². The van der Waals surface area contributed by atoms with Gasteiger partial charge in [0.1, 0.15) is 5.82 Å². The predicted octanol–water partition coefficient (Wildman–Crippen LogP) is 1.72. The second-order valence-corrected chi connectivity index (χ2v) is 5.11. The zero-order valence-electron chi connectivity index (χ0n) is 12.0. The van der Waals surface area contributed by atoms with Crippen LogP contribution in [0.5, 0.6) is 0 Å². The number of nitrogens with zero attached hydrogens (tertiary/aromatic N) is 3. The highest BCUT2D eigenvalue weighted by Gasteiger charge is 2.18. The molecule has 0 aliphatic heterocycles. The van der Waals surface area contributed by atoms with E-state index in [1.165, 1.54) is 0 Å². The Morgan fingerprint density at radius 1 is 1.33 bits per heavy atom. The van der Waals surface area contributed by atoms with Gasteiger partial charge in [0.05, 0.1) is 11.4 Å². The molecule has 0 radical (unpaired) electrons. The predicted molar refractivity (Wildman–Crippen MR) is 75.9 cm³/mol. The molecule has 0 bridgehead atoms. The maximum absolute atomic E-state index is 8.75. The van der Waals surface area contributed by atoms with Crippen molar-refractivity contribution >= 4 is 11.5 Å². The van der Waals surface area contributed by atoms with Crippen LogP contribution < -0.4 is 10.6 Å². The Hall–Kier alpha value is -1.23. The van der Waals surface area contributed by atoms with Gasteiger partial charge < -0.3 is 15.7 Å². The fraction of sp³-hybridized carbons (Fsp3) is 0.769. The zero-order chi connectivity index (χ0) is 13.7. The van der Waals surface area contributed by atoms with E-state index >= 15 is 0 Å². The van der Waals surface area contributed by atoms with Crippen LogP contribution in [0.25, 0.3) is 0 Å². The van der Waals surface area contributed by atoms with Crippen molar-refractivity contribution in [2.45, 2.75) is 39.0 Å². The number of unbranched alkanes of at least 4 members (excludes halogenated alkanes) is 2. The van der Waals surface area contributed by atoms with Crippen LogP contribution in [0, 0.1) is 0 Å². The molecular formula is C13H26N4O. The molecule has 0 saturated heterocycles. The number of hydrogen-bond acceptors (Lipinski definition) is 4. The molecule has 0 aliphatic rings. The Balaban J connectivity index is 2.70. The molecular weight excluding hydrogens is 228 g/mol. The van der Waals surface area contributed by atoms with Crippen molar-refractivity contribution in [2.24, 2.45) is 7.05 Å².